The lowest BCUT2D eigenvalue weighted by atomic mass is 10.0. The van der Waals surface area contributed by atoms with Crippen LogP contribution in [0, 0.1) is 0 Å². The van der Waals surface area contributed by atoms with Gasteiger partial charge in [-0.15, -0.1) is 0 Å². The molecule has 0 atom stereocenters. The SMILES string of the molecule is CC(C)(C)NC(=S)NNC(=O)Cc1cccc2ccccc12. The van der Waals surface area contributed by atoms with E-state index in [4.69, 9.17) is 12.2 Å². The first-order valence-corrected chi connectivity index (χ1v) is 7.59. The van der Waals surface area contributed by atoms with Crippen molar-refractivity contribution >= 4 is 34.0 Å². The van der Waals surface area contributed by atoms with Gasteiger partial charge in [0.15, 0.2) is 5.11 Å². The highest BCUT2D eigenvalue weighted by Gasteiger charge is 2.12. The first-order valence-electron chi connectivity index (χ1n) is 7.19. The Balaban J connectivity index is 1.96. The van der Waals surface area contributed by atoms with Crippen molar-refractivity contribution in [3.05, 3.63) is 48.0 Å². The van der Waals surface area contributed by atoms with Crippen LogP contribution < -0.4 is 16.2 Å². The van der Waals surface area contributed by atoms with Crippen LogP contribution in [0.1, 0.15) is 26.3 Å². The molecule has 3 N–H and O–H groups in total. The molecule has 0 fully saturated rings. The highest BCUT2D eigenvalue weighted by Crippen LogP contribution is 2.18. The second kappa shape index (κ2) is 6.75. The molecule has 2 aromatic carbocycles. The molecule has 0 aliphatic heterocycles. The molecule has 22 heavy (non-hydrogen) atoms. The van der Waals surface area contributed by atoms with Gasteiger partial charge in [0.1, 0.15) is 0 Å². The smallest absolute Gasteiger partial charge is 0.242 e. The maximum absolute atomic E-state index is 12.1. The first-order chi connectivity index (χ1) is 10.3. The molecule has 0 saturated carbocycles. The highest BCUT2D eigenvalue weighted by molar-refractivity contribution is 7.80. The molecule has 0 aliphatic rings. The minimum absolute atomic E-state index is 0.130. The molecule has 0 unspecified atom stereocenters. The number of hydrazine groups is 1. The summed E-state index contributed by atoms with van der Waals surface area (Å²) < 4.78 is 0. The van der Waals surface area contributed by atoms with Crippen LogP contribution in [0.2, 0.25) is 0 Å². The van der Waals surface area contributed by atoms with Gasteiger partial charge in [0.2, 0.25) is 5.91 Å². The number of benzene rings is 2. The van der Waals surface area contributed by atoms with E-state index in [1.807, 2.05) is 63.2 Å². The van der Waals surface area contributed by atoms with E-state index in [0.717, 1.165) is 16.3 Å². The monoisotopic (exact) mass is 315 g/mol. The zero-order valence-corrected chi connectivity index (χ0v) is 13.9. The van der Waals surface area contributed by atoms with Crippen LogP contribution in [0.4, 0.5) is 0 Å². The van der Waals surface area contributed by atoms with Gasteiger partial charge < -0.3 is 5.32 Å². The third-order valence-electron chi connectivity index (χ3n) is 3.03. The second-order valence-corrected chi connectivity index (χ2v) is 6.60. The summed E-state index contributed by atoms with van der Waals surface area (Å²) >= 11 is 5.13. The topological polar surface area (TPSA) is 53.2 Å². The van der Waals surface area contributed by atoms with Crippen LogP contribution in [0.3, 0.4) is 0 Å². The molecule has 0 spiro atoms. The molecule has 116 valence electrons. The fraction of sp³-hybridized carbons (Fsp3) is 0.294. The summed E-state index contributed by atoms with van der Waals surface area (Å²) in [6, 6.07) is 14.0. The Kier molecular flexibility index (Phi) is 4.98. The lowest BCUT2D eigenvalue weighted by Gasteiger charge is -2.23. The van der Waals surface area contributed by atoms with Crippen molar-refractivity contribution in [2.75, 3.05) is 0 Å². The van der Waals surface area contributed by atoms with E-state index < -0.39 is 0 Å². The van der Waals surface area contributed by atoms with Crippen LogP contribution in [0.5, 0.6) is 0 Å². The number of carbonyl (C=O) groups is 1. The molecular weight excluding hydrogens is 294 g/mol. The van der Waals surface area contributed by atoms with Crippen molar-refractivity contribution in [1.29, 1.82) is 0 Å². The van der Waals surface area contributed by atoms with Gasteiger partial charge in [0.25, 0.3) is 0 Å². The summed E-state index contributed by atoms with van der Waals surface area (Å²) in [5, 5.41) is 5.70. The fourth-order valence-electron chi connectivity index (χ4n) is 2.16. The summed E-state index contributed by atoms with van der Waals surface area (Å²) in [6.07, 6.45) is 0.298. The van der Waals surface area contributed by atoms with Crippen molar-refractivity contribution < 1.29 is 4.79 Å². The Morgan fingerprint density at radius 3 is 2.45 bits per heavy atom. The van der Waals surface area contributed by atoms with Gasteiger partial charge in [-0.05, 0) is 49.3 Å². The summed E-state index contributed by atoms with van der Waals surface area (Å²) in [7, 11) is 0. The molecule has 2 rings (SSSR count). The van der Waals surface area contributed by atoms with E-state index in [-0.39, 0.29) is 11.4 Å². The Hall–Kier alpha value is -2.14. The number of thiocarbonyl (C=S) groups is 1. The summed E-state index contributed by atoms with van der Waals surface area (Å²) in [6.45, 7) is 6.00. The molecule has 4 nitrogen and oxygen atoms in total. The van der Waals surface area contributed by atoms with Crippen LogP contribution >= 0.6 is 12.2 Å². The summed E-state index contributed by atoms with van der Waals surface area (Å²) in [5.41, 5.74) is 6.20. The number of hydrogen-bond donors (Lipinski definition) is 3. The van der Waals surface area contributed by atoms with E-state index in [2.05, 4.69) is 16.2 Å². The molecule has 0 heterocycles. The number of hydrogen-bond acceptors (Lipinski definition) is 2. The lowest BCUT2D eigenvalue weighted by Crippen LogP contribution is -2.52. The van der Waals surface area contributed by atoms with Gasteiger partial charge in [-0.25, -0.2) is 0 Å². The van der Waals surface area contributed by atoms with Gasteiger partial charge in [-0.1, -0.05) is 42.5 Å². The number of nitrogens with one attached hydrogen (secondary N) is 3. The Labute approximate surface area is 136 Å². The van der Waals surface area contributed by atoms with Crippen molar-refractivity contribution in [3.8, 4) is 0 Å². The normalized spacial score (nSPS) is 11.0. The average Bonchev–Trinajstić information content (AvgIpc) is 2.44. The fourth-order valence-corrected chi connectivity index (χ4v) is 2.52. The number of carbonyl (C=O) groups excluding carboxylic acids is 1. The van der Waals surface area contributed by atoms with E-state index in [9.17, 15) is 4.79 Å². The average molecular weight is 315 g/mol. The molecule has 2 aromatic rings. The Morgan fingerprint density at radius 2 is 1.73 bits per heavy atom. The van der Waals surface area contributed by atoms with Gasteiger partial charge in [-0.3, -0.25) is 15.6 Å². The third-order valence-corrected chi connectivity index (χ3v) is 3.24. The zero-order chi connectivity index (χ0) is 16.2. The zero-order valence-electron chi connectivity index (χ0n) is 13.1. The lowest BCUT2D eigenvalue weighted by molar-refractivity contribution is -0.121. The molecule has 0 bridgehead atoms. The number of rotatable bonds is 2. The Morgan fingerprint density at radius 1 is 1.05 bits per heavy atom. The van der Waals surface area contributed by atoms with E-state index in [1.165, 1.54) is 0 Å². The largest absolute Gasteiger partial charge is 0.357 e. The maximum atomic E-state index is 12.1. The van der Waals surface area contributed by atoms with Crippen LogP contribution in [0.25, 0.3) is 10.8 Å². The minimum atomic E-state index is -0.148. The van der Waals surface area contributed by atoms with Gasteiger partial charge in [0, 0.05) is 5.54 Å². The van der Waals surface area contributed by atoms with Gasteiger partial charge in [0.05, 0.1) is 6.42 Å². The summed E-state index contributed by atoms with van der Waals surface area (Å²) in [5.74, 6) is -0.130. The van der Waals surface area contributed by atoms with Gasteiger partial charge >= 0.3 is 0 Å². The Bertz CT molecular complexity index is 686. The molecule has 0 saturated heterocycles. The van der Waals surface area contributed by atoms with Crippen LogP contribution in [-0.4, -0.2) is 16.6 Å². The summed E-state index contributed by atoms with van der Waals surface area (Å²) in [4.78, 5) is 12.1. The molecule has 1 amide bonds. The molecule has 5 heteroatoms. The standard InChI is InChI=1S/C17H21N3OS/c1-17(2,3)18-16(22)20-19-15(21)11-13-9-6-8-12-7-4-5-10-14(12)13/h4-10H,11H2,1-3H3,(H,19,21)(H2,18,20,22). The molecule has 0 aliphatic carbocycles. The number of fused-ring (bicyclic) bond motifs is 1. The predicted molar refractivity (Wildman–Crippen MR) is 94.4 cm³/mol. The van der Waals surface area contributed by atoms with Crippen molar-refractivity contribution in [2.45, 2.75) is 32.7 Å². The van der Waals surface area contributed by atoms with Crippen molar-refractivity contribution in [3.63, 3.8) is 0 Å². The quantitative estimate of drug-likeness (QED) is 0.589. The van der Waals surface area contributed by atoms with Crippen molar-refractivity contribution in [1.82, 2.24) is 16.2 Å². The molecule has 0 radical (unpaired) electrons. The van der Waals surface area contributed by atoms with Crippen LogP contribution in [0.15, 0.2) is 42.5 Å². The third kappa shape index (κ3) is 4.70. The first kappa shape index (κ1) is 16.2. The van der Waals surface area contributed by atoms with E-state index in [1.54, 1.807) is 0 Å². The minimum Gasteiger partial charge on any atom is -0.357 e. The maximum Gasteiger partial charge on any atom is 0.242 e. The van der Waals surface area contributed by atoms with Crippen molar-refractivity contribution in [2.24, 2.45) is 0 Å². The predicted octanol–water partition coefficient (Wildman–Crippen LogP) is 2.68. The highest BCUT2D eigenvalue weighted by atomic mass is 32.1. The molecular formula is C17H21N3OS. The molecule has 0 aromatic heterocycles. The number of amides is 1. The van der Waals surface area contributed by atoms with Crippen LogP contribution in [-0.2, 0) is 11.2 Å². The van der Waals surface area contributed by atoms with E-state index in [0.29, 0.717) is 11.5 Å². The van der Waals surface area contributed by atoms with E-state index >= 15 is 0 Å². The van der Waals surface area contributed by atoms with Gasteiger partial charge in [-0.2, -0.15) is 0 Å². The second-order valence-electron chi connectivity index (χ2n) is 6.19.